The number of nitrogens with zero attached hydrogens (tertiary/aromatic N) is 2. The molecule has 1 atom stereocenters. The number of nitrogens with one attached hydrogen (secondary N) is 1. The van der Waals surface area contributed by atoms with Crippen LogP contribution in [0.15, 0.2) is 28.7 Å². The molecule has 0 bridgehead atoms. The van der Waals surface area contributed by atoms with Gasteiger partial charge in [-0.05, 0) is 37.6 Å². The third kappa shape index (κ3) is 3.57. The number of rotatable bonds is 7. The number of hydrogen-bond donors (Lipinski definition) is 1. The average Bonchev–Trinajstić information content (AvgIpc) is 2.96. The molecule has 1 unspecified atom stereocenters. The van der Waals surface area contributed by atoms with Gasteiger partial charge in [0.1, 0.15) is 5.75 Å². The summed E-state index contributed by atoms with van der Waals surface area (Å²) < 4.78 is 10.8. The van der Waals surface area contributed by atoms with Crippen LogP contribution in [-0.2, 0) is 12.8 Å². The van der Waals surface area contributed by atoms with Gasteiger partial charge in [0.05, 0.1) is 13.2 Å². The van der Waals surface area contributed by atoms with Crippen molar-refractivity contribution < 1.29 is 9.15 Å². The Balaban J connectivity index is 1.93. The van der Waals surface area contributed by atoms with E-state index in [1.54, 1.807) is 7.11 Å². The van der Waals surface area contributed by atoms with Crippen molar-refractivity contribution in [1.29, 1.82) is 0 Å². The molecule has 5 nitrogen and oxygen atoms in total. The van der Waals surface area contributed by atoms with Crippen LogP contribution in [0, 0.1) is 0 Å². The summed E-state index contributed by atoms with van der Waals surface area (Å²) in [7, 11) is 3.57. The normalized spacial score (nSPS) is 12.3. The van der Waals surface area contributed by atoms with Gasteiger partial charge in [0.15, 0.2) is 0 Å². The molecule has 0 saturated carbocycles. The molecule has 0 aliphatic heterocycles. The van der Waals surface area contributed by atoms with E-state index >= 15 is 0 Å². The van der Waals surface area contributed by atoms with Gasteiger partial charge in [-0.2, -0.15) is 0 Å². The molecule has 2 rings (SSSR count). The first-order valence-corrected chi connectivity index (χ1v) is 6.89. The van der Waals surface area contributed by atoms with Gasteiger partial charge in [0.2, 0.25) is 11.8 Å². The fraction of sp³-hybridized carbons (Fsp3) is 0.467. The summed E-state index contributed by atoms with van der Waals surface area (Å²) in [6, 6.07) is 8.17. The minimum absolute atomic E-state index is 0.136. The predicted octanol–water partition coefficient (Wildman–Crippen LogP) is 2.53. The van der Waals surface area contributed by atoms with Crippen molar-refractivity contribution in [2.45, 2.75) is 32.2 Å². The van der Waals surface area contributed by atoms with Gasteiger partial charge in [0, 0.05) is 6.42 Å². The summed E-state index contributed by atoms with van der Waals surface area (Å²) in [5, 5.41) is 11.4. The minimum Gasteiger partial charge on any atom is -0.497 e. The minimum atomic E-state index is 0.136. The second-order valence-corrected chi connectivity index (χ2v) is 4.63. The maximum absolute atomic E-state index is 5.68. The zero-order valence-electron chi connectivity index (χ0n) is 12.2. The van der Waals surface area contributed by atoms with E-state index in [1.165, 1.54) is 5.56 Å². The third-order valence-corrected chi connectivity index (χ3v) is 3.32. The molecule has 0 aliphatic carbocycles. The average molecular weight is 275 g/mol. The van der Waals surface area contributed by atoms with Crippen LogP contribution in [-0.4, -0.2) is 24.4 Å². The van der Waals surface area contributed by atoms with Crippen LogP contribution in [0.4, 0.5) is 0 Å². The molecule has 1 N–H and O–H groups in total. The Morgan fingerprint density at radius 1 is 1.20 bits per heavy atom. The van der Waals surface area contributed by atoms with E-state index in [2.05, 4.69) is 34.6 Å². The number of methoxy groups -OCH3 is 1. The lowest BCUT2D eigenvalue weighted by Crippen LogP contribution is -2.15. The van der Waals surface area contributed by atoms with Crippen molar-refractivity contribution in [3.8, 4) is 5.75 Å². The molecule has 1 aromatic carbocycles. The molecule has 1 aromatic heterocycles. The van der Waals surface area contributed by atoms with Gasteiger partial charge in [-0.3, -0.25) is 0 Å². The monoisotopic (exact) mass is 275 g/mol. The maximum Gasteiger partial charge on any atom is 0.233 e. The van der Waals surface area contributed by atoms with Crippen molar-refractivity contribution in [3.63, 3.8) is 0 Å². The summed E-state index contributed by atoms with van der Waals surface area (Å²) >= 11 is 0. The molecule has 0 spiro atoms. The molecule has 0 radical (unpaired) electrons. The lowest BCUT2D eigenvalue weighted by Gasteiger charge is -2.07. The van der Waals surface area contributed by atoms with Gasteiger partial charge < -0.3 is 14.5 Å². The summed E-state index contributed by atoms with van der Waals surface area (Å²) in [6.45, 7) is 2.09. The van der Waals surface area contributed by atoms with E-state index in [9.17, 15) is 0 Å². The van der Waals surface area contributed by atoms with Crippen LogP contribution in [0.5, 0.6) is 5.75 Å². The fourth-order valence-electron chi connectivity index (χ4n) is 2.05. The standard InChI is InChI=1S/C15H21N3O2/c1-4-13(16-2)15-18-17-14(20-15)10-7-11-5-8-12(19-3)9-6-11/h5-6,8-9,13,16H,4,7,10H2,1-3H3. The number of benzene rings is 1. The predicted molar refractivity (Wildman–Crippen MR) is 76.8 cm³/mol. The van der Waals surface area contributed by atoms with E-state index in [0.717, 1.165) is 25.0 Å². The molecule has 0 saturated heterocycles. The number of aryl methyl sites for hydroxylation is 2. The first-order chi connectivity index (χ1) is 9.76. The smallest absolute Gasteiger partial charge is 0.233 e. The largest absolute Gasteiger partial charge is 0.497 e. The number of ether oxygens (including phenoxy) is 1. The third-order valence-electron chi connectivity index (χ3n) is 3.32. The van der Waals surface area contributed by atoms with Gasteiger partial charge in [-0.15, -0.1) is 10.2 Å². The van der Waals surface area contributed by atoms with Gasteiger partial charge >= 0.3 is 0 Å². The highest BCUT2D eigenvalue weighted by Gasteiger charge is 2.14. The zero-order chi connectivity index (χ0) is 14.4. The van der Waals surface area contributed by atoms with Crippen molar-refractivity contribution in [2.75, 3.05) is 14.2 Å². The van der Waals surface area contributed by atoms with E-state index in [1.807, 2.05) is 19.2 Å². The first kappa shape index (κ1) is 14.5. The highest BCUT2D eigenvalue weighted by Crippen LogP contribution is 2.16. The molecular formula is C15H21N3O2. The van der Waals surface area contributed by atoms with Crippen LogP contribution in [0.25, 0.3) is 0 Å². The number of hydrogen-bond acceptors (Lipinski definition) is 5. The Morgan fingerprint density at radius 3 is 2.55 bits per heavy atom. The zero-order valence-corrected chi connectivity index (χ0v) is 12.2. The quantitative estimate of drug-likeness (QED) is 0.841. The molecule has 0 fully saturated rings. The topological polar surface area (TPSA) is 60.2 Å². The molecule has 2 aromatic rings. The molecular weight excluding hydrogens is 254 g/mol. The van der Waals surface area contributed by atoms with E-state index in [-0.39, 0.29) is 6.04 Å². The Bertz CT molecular complexity index is 518. The summed E-state index contributed by atoms with van der Waals surface area (Å²) in [5.41, 5.74) is 1.23. The van der Waals surface area contributed by atoms with Gasteiger partial charge in [-0.25, -0.2) is 0 Å². The lowest BCUT2D eigenvalue weighted by molar-refractivity contribution is 0.386. The molecule has 20 heavy (non-hydrogen) atoms. The molecule has 0 aliphatic rings. The highest BCUT2D eigenvalue weighted by atomic mass is 16.5. The van der Waals surface area contributed by atoms with Crippen LogP contribution in [0.3, 0.4) is 0 Å². The molecule has 1 heterocycles. The molecule has 108 valence electrons. The van der Waals surface area contributed by atoms with Crippen LogP contribution < -0.4 is 10.1 Å². The summed E-state index contributed by atoms with van der Waals surface area (Å²) in [5.74, 6) is 2.22. The Labute approximate surface area is 119 Å². The Kier molecular flexibility index (Phi) is 5.12. The molecule has 5 heteroatoms. The Morgan fingerprint density at radius 2 is 1.95 bits per heavy atom. The number of aromatic nitrogens is 2. The van der Waals surface area contributed by atoms with E-state index in [4.69, 9.17) is 9.15 Å². The molecule has 0 amide bonds. The van der Waals surface area contributed by atoms with Crippen molar-refractivity contribution in [1.82, 2.24) is 15.5 Å². The second-order valence-electron chi connectivity index (χ2n) is 4.63. The van der Waals surface area contributed by atoms with Crippen molar-refractivity contribution >= 4 is 0 Å². The van der Waals surface area contributed by atoms with Gasteiger partial charge in [-0.1, -0.05) is 19.1 Å². The van der Waals surface area contributed by atoms with Gasteiger partial charge in [0.25, 0.3) is 0 Å². The summed E-state index contributed by atoms with van der Waals surface area (Å²) in [6.07, 6.45) is 2.55. The highest BCUT2D eigenvalue weighted by molar-refractivity contribution is 5.27. The van der Waals surface area contributed by atoms with Crippen LogP contribution in [0.2, 0.25) is 0 Å². The lowest BCUT2D eigenvalue weighted by atomic mass is 10.1. The fourth-order valence-corrected chi connectivity index (χ4v) is 2.05. The summed E-state index contributed by atoms with van der Waals surface area (Å²) in [4.78, 5) is 0. The second kappa shape index (κ2) is 7.05. The van der Waals surface area contributed by atoms with E-state index in [0.29, 0.717) is 11.8 Å². The van der Waals surface area contributed by atoms with Crippen molar-refractivity contribution in [2.24, 2.45) is 0 Å². The van der Waals surface area contributed by atoms with Crippen molar-refractivity contribution in [3.05, 3.63) is 41.6 Å². The Hall–Kier alpha value is -1.88. The SMILES string of the molecule is CCC(NC)c1nnc(CCc2ccc(OC)cc2)o1. The van der Waals surface area contributed by atoms with Crippen LogP contribution >= 0.6 is 0 Å². The maximum atomic E-state index is 5.68. The first-order valence-electron chi connectivity index (χ1n) is 6.89. The van der Waals surface area contributed by atoms with E-state index < -0.39 is 0 Å². The van der Waals surface area contributed by atoms with Crippen LogP contribution in [0.1, 0.15) is 36.7 Å².